The van der Waals surface area contributed by atoms with Gasteiger partial charge in [-0.2, -0.15) is 4.31 Å². The molecule has 6 nitrogen and oxygen atoms in total. The minimum atomic E-state index is -3.54. The van der Waals surface area contributed by atoms with E-state index in [1.807, 2.05) is 18.3 Å². The Balaban J connectivity index is 1.55. The highest BCUT2D eigenvalue weighted by Gasteiger charge is 2.31. The van der Waals surface area contributed by atoms with Crippen molar-refractivity contribution in [2.45, 2.75) is 24.3 Å². The lowest BCUT2D eigenvalue weighted by Gasteiger charge is -2.30. The van der Waals surface area contributed by atoms with Gasteiger partial charge in [-0.3, -0.25) is 4.79 Å². The molecule has 2 heterocycles. The van der Waals surface area contributed by atoms with Gasteiger partial charge in [-0.05, 0) is 49.2 Å². The second kappa shape index (κ2) is 7.59. The third-order valence-electron chi connectivity index (χ3n) is 4.39. The Morgan fingerprint density at radius 1 is 1.20 bits per heavy atom. The molecule has 0 saturated carbocycles. The summed E-state index contributed by atoms with van der Waals surface area (Å²) >= 11 is 5.81. The van der Waals surface area contributed by atoms with E-state index in [2.05, 4.69) is 10.3 Å². The maximum Gasteiger partial charge on any atom is 0.243 e. The van der Waals surface area contributed by atoms with Crippen molar-refractivity contribution in [2.24, 2.45) is 5.92 Å². The molecular weight excluding hydrogens is 362 g/mol. The first-order valence-corrected chi connectivity index (χ1v) is 9.94. The van der Waals surface area contributed by atoms with Crippen LogP contribution < -0.4 is 5.32 Å². The molecule has 0 unspecified atom stereocenters. The van der Waals surface area contributed by atoms with Gasteiger partial charge in [0.2, 0.25) is 15.9 Å². The molecule has 1 aliphatic heterocycles. The topological polar surface area (TPSA) is 82.3 Å². The van der Waals surface area contributed by atoms with E-state index >= 15 is 0 Å². The van der Waals surface area contributed by atoms with Gasteiger partial charge in [-0.15, -0.1) is 0 Å². The smallest absolute Gasteiger partial charge is 0.243 e. The number of carbonyl (C=O) groups excluding carboxylic acids is 1. The summed E-state index contributed by atoms with van der Waals surface area (Å²) in [5.41, 5.74) is 0.941. The molecule has 1 aliphatic rings. The maximum absolute atomic E-state index is 12.6. The van der Waals surface area contributed by atoms with Gasteiger partial charge in [0.1, 0.15) is 0 Å². The van der Waals surface area contributed by atoms with Crippen molar-refractivity contribution in [1.82, 2.24) is 14.6 Å². The summed E-state index contributed by atoms with van der Waals surface area (Å²) in [5, 5.41) is 3.39. The van der Waals surface area contributed by atoms with Crippen LogP contribution in [0.1, 0.15) is 18.5 Å². The predicted molar refractivity (Wildman–Crippen MR) is 95.6 cm³/mol. The highest BCUT2D eigenvalue weighted by atomic mass is 35.5. The van der Waals surface area contributed by atoms with Crippen molar-refractivity contribution < 1.29 is 13.2 Å². The predicted octanol–water partition coefficient (Wildman–Crippen LogP) is 2.39. The van der Waals surface area contributed by atoms with Gasteiger partial charge >= 0.3 is 0 Å². The zero-order valence-electron chi connectivity index (χ0n) is 13.6. The number of piperidine rings is 1. The Morgan fingerprint density at radius 3 is 2.48 bits per heavy atom. The summed E-state index contributed by atoms with van der Waals surface area (Å²) in [7, 11) is -3.54. The molecular formula is C17H20ClN3O3S. The lowest BCUT2D eigenvalue weighted by atomic mass is 9.97. The zero-order valence-corrected chi connectivity index (χ0v) is 15.2. The fourth-order valence-corrected chi connectivity index (χ4v) is 4.51. The van der Waals surface area contributed by atoms with Crippen molar-refractivity contribution in [3.63, 3.8) is 0 Å². The Kier molecular flexibility index (Phi) is 5.46. The average molecular weight is 382 g/mol. The Labute approximate surface area is 152 Å². The number of H-pyrrole nitrogens is 1. The van der Waals surface area contributed by atoms with Gasteiger partial charge in [0.05, 0.1) is 11.4 Å². The van der Waals surface area contributed by atoms with E-state index in [1.54, 1.807) is 12.1 Å². The molecule has 134 valence electrons. The van der Waals surface area contributed by atoms with Crippen LogP contribution in [0, 0.1) is 5.92 Å². The van der Waals surface area contributed by atoms with Gasteiger partial charge in [0, 0.05) is 35.9 Å². The number of halogens is 1. The lowest BCUT2D eigenvalue weighted by Crippen LogP contribution is -2.42. The van der Waals surface area contributed by atoms with Crippen LogP contribution in [0.5, 0.6) is 0 Å². The molecule has 8 heteroatoms. The fourth-order valence-electron chi connectivity index (χ4n) is 2.92. The molecule has 0 atom stereocenters. The number of hydrogen-bond donors (Lipinski definition) is 2. The molecule has 0 bridgehead atoms. The number of hydrogen-bond acceptors (Lipinski definition) is 3. The number of nitrogens with one attached hydrogen (secondary N) is 2. The first kappa shape index (κ1) is 18.0. The number of amides is 1. The summed E-state index contributed by atoms with van der Waals surface area (Å²) < 4.78 is 26.7. The number of aromatic nitrogens is 1. The van der Waals surface area contributed by atoms with Crippen LogP contribution in [0.3, 0.4) is 0 Å². The van der Waals surface area contributed by atoms with Gasteiger partial charge in [-0.25, -0.2) is 8.42 Å². The minimum Gasteiger partial charge on any atom is -0.364 e. The van der Waals surface area contributed by atoms with Gasteiger partial charge in [0.15, 0.2) is 0 Å². The molecule has 1 aromatic heterocycles. The van der Waals surface area contributed by atoms with Crippen LogP contribution in [-0.4, -0.2) is 36.7 Å². The zero-order chi connectivity index (χ0) is 17.9. The number of nitrogens with zero attached hydrogens (tertiary/aromatic N) is 1. The molecule has 0 aliphatic carbocycles. The SMILES string of the molecule is O=C(NCc1ccc[nH]1)C1CCN(S(=O)(=O)c2ccc(Cl)cc2)CC1. The largest absolute Gasteiger partial charge is 0.364 e. The standard InChI is InChI=1S/C17H20ClN3O3S/c18-14-3-5-16(6-4-14)25(23,24)21-10-7-13(8-11-21)17(22)20-12-15-2-1-9-19-15/h1-6,9,13,19H,7-8,10-12H2,(H,20,22). The minimum absolute atomic E-state index is 0.0295. The summed E-state index contributed by atoms with van der Waals surface area (Å²) in [6, 6.07) is 9.92. The van der Waals surface area contributed by atoms with E-state index in [0.717, 1.165) is 5.69 Å². The van der Waals surface area contributed by atoms with Crippen LogP contribution in [0.4, 0.5) is 0 Å². The van der Waals surface area contributed by atoms with Gasteiger partial charge in [-0.1, -0.05) is 11.6 Å². The van der Waals surface area contributed by atoms with E-state index in [-0.39, 0.29) is 16.7 Å². The second-order valence-electron chi connectivity index (χ2n) is 6.05. The number of aromatic amines is 1. The molecule has 0 radical (unpaired) electrons. The van der Waals surface area contributed by atoms with Crippen LogP contribution in [0.15, 0.2) is 47.5 Å². The Morgan fingerprint density at radius 2 is 1.88 bits per heavy atom. The molecule has 2 N–H and O–H groups in total. The summed E-state index contributed by atoms with van der Waals surface area (Å²) in [6.45, 7) is 1.13. The number of benzene rings is 1. The highest BCUT2D eigenvalue weighted by Crippen LogP contribution is 2.24. The van der Waals surface area contributed by atoms with E-state index in [4.69, 9.17) is 11.6 Å². The van der Waals surface area contributed by atoms with Crippen molar-refractivity contribution in [1.29, 1.82) is 0 Å². The third-order valence-corrected chi connectivity index (χ3v) is 6.56. The van der Waals surface area contributed by atoms with E-state index < -0.39 is 10.0 Å². The molecule has 3 rings (SSSR count). The monoisotopic (exact) mass is 381 g/mol. The molecule has 1 fully saturated rings. The number of sulfonamides is 1. The van der Waals surface area contributed by atoms with Crippen LogP contribution in [0.25, 0.3) is 0 Å². The van der Waals surface area contributed by atoms with Crippen LogP contribution >= 0.6 is 11.6 Å². The summed E-state index contributed by atoms with van der Waals surface area (Å²) in [4.78, 5) is 15.5. The van der Waals surface area contributed by atoms with Crippen molar-refractivity contribution >= 4 is 27.5 Å². The fraction of sp³-hybridized carbons (Fsp3) is 0.353. The van der Waals surface area contributed by atoms with Crippen LogP contribution in [0.2, 0.25) is 5.02 Å². The van der Waals surface area contributed by atoms with E-state index in [9.17, 15) is 13.2 Å². The van der Waals surface area contributed by atoms with Crippen molar-refractivity contribution in [3.8, 4) is 0 Å². The highest BCUT2D eigenvalue weighted by molar-refractivity contribution is 7.89. The van der Waals surface area contributed by atoms with Crippen LogP contribution in [-0.2, 0) is 21.4 Å². The Hall–Kier alpha value is -1.83. The quantitative estimate of drug-likeness (QED) is 0.834. The number of carbonyl (C=O) groups is 1. The first-order chi connectivity index (χ1) is 12.0. The summed E-state index contributed by atoms with van der Waals surface area (Å²) in [5.74, 6) is -0.190. The van der Waals surface area contributed by atoms with Crippen molar-refractivity contribution in [2.75, 3.05) is 13.1 Å². The van der Waals surface area contributed by atoms with Crippen molar-refractivity contribution in [3.05, 3.63) is 53.3 Å². The first-order valence-electron chi connectivity index (χ1n) is 8.12. The van der Waals surface area contributed by atoms with E-state index in [1.165, 1.54) is 16.4 Å². The molecule has 1 saturated heterocycles. The lowest BCUT2D eigenvalue weighted by molar-refractivity contribution is -0.126. The van der Waals surface area contributed by atoms with Gasteiger partial charge < -0.3 is 10.3 Å². The number of rotatable bonds is 5. The molecule has 1 aromatic carbocycles. The third kappa shape index (κ3) is 4.23. The molecule has 25 heavy (non-hydrogen) atoms. The molecule has 1 amide bonds. The average Bonchev–Trinajstić information content (AvgIpc) is 3.14. The molecule has 0 spiro atoms. The maximum atomic E-state index is 12.6. The van der Waals surface area contributed by atoms with Gasteiger partial charge in [0.25, 0.3) is 0 Å². The summed E-state index contributed by atoms with van der Waals surface area (Å²) in [6.07, 6.45) is 2.84. The Bertz CT molecular complexity index is 811. The van der Waals surface area contributed by atoms with E-state index in [0.29, 0.717) is 37.5 Å². The normalized spacial score (nSPS) is 16.7. The second-order valence-corrected chi connectivity index (χ2v) is 8.42. The molecule has 2 aromatic rings.